The maximum absolute atomic E-state index is 15.1. The van der Waals surface area contributed by atoms with Crippen LogP contribution >= 0.6 is 0 Å². The van der Waals surface area contributed by atoms with Gasteiger partial charge in [0.2, 0.25) is 0 Å². The average Bonchev–Trinajstić information content (AvgIpc) is 2.82. The lowest BCUT2D eigenvalue weighted by Gasteiger charge is -2.26. The summed E-state index contributed by atoms with van der Waals surface area (Å²) in [5, 5.41) is 1.52. The van der Waals surface area contributed by atoms with Gasteiger partial charge in [-0.2, -0.15) is 0 Å². The van der Waals surface area contributed by atoms with Crippen LogP contribution in [0.25, 0.3) is 10.8 Å². The monoisotopic (exact) mass is 470 g/mol. The fourth-order valence-electron chi connectivity index (χ4n) is 4.96. The molecule has 0 aromatic heterocycles. The first kappa shape index (κ1) is 24.3. The summed E-state index contributed by atoms with van der Waals surface area (Å²) < 4.78 is 55.9. The highest BCUT2D eigenvalue weighted by atomic mass is 19.4. The number of aryl methyl sites for hydroxylation is 3. The number of alkyl halides is 3. The molecule has 0 N–H and O–H groups in total. The minimum Gasteiger partial charge on any atom is -0.406 e. The standard InChI is InChI=1S/C29H30F4O/c1-2-20-3-5-21(6-4-20)7-8-23-12-18-27-25(19-23)15-14-24(28(27)30)13-9-22-10-16-26(17-11-22)34-29(31,32)33/h2,10-12,14-21H,1,3-9,13H2. The van der Waals surface area contributed by atoms with Crippen LogP contribution in [0.1, 0.15) is 48.8 Å². The minimum absolute atomic E-state index is 0.219. The van der Waals surface area contributed by atoms with Crippen molar-refractivity contribution in [3.8, 4) is 5.75 Å². The predicted octanol–water partition coefficient (Wildman–Crippen LogP) is 8.59. The molecule has 1 aliphatic carbocycles. The Labute approximate surface area is 198 Å². The highest BCUT2D eigenvalue weighted by molar-refractivity contribution is 5.84. The Hall–Kier alpha value is -2.82. The quantitative estimate of drug-likeness (QED) is 0.237. The zero-order chi connectivity index (χ0) is 24.1. The van der Waals surface area contributed by atoms with Crippen LogP contribution in [0.15, 0.2) is 67.3 Å². The van der Waals surface area contributed by atoms with Gasteiger partial charge in [0.25, 0.3) is 0 Å². The van der Waals surface area contributed by atoms with Crippen molar-refractivity contribution in [2.45, 2.75) is 57.7 Å². The third-order valence-corrected chi connectivity index (χ3v) is 7.00. The van der Waals surface area contributed by atoms with Crippen molar-refractivity contribution in [3.05, 3.63) is 89.8 Å². The van der Waals surface area contributed by atoms with Crippen molar-refractivity contribution >= 4 is 10.8 Å². The van der Waals surface area contributed by atoms with Gasteiger partial charge in [-0.05, 0) is 97.4 Å². The maximum atomic E-state index is 15.1. The summed E-state index contributed by atoms with van der Waals surface area (Å²) in [6.45, 7) is 3.92. The van der Waals surface area contributed by atoms with Crippen LogP contribution in [0.2, 0.25) is 0 Å². The predicted molar refractivity (Wildman–Crippen MR) is 128 cm³/mol. The number of fused-ring (bicyclic) bond motifs is 1. The lowest BCUT2D eigenvalue weighted by atomic mass is 9.79. The molecule has 1 aliphatic rings. The number of hydrogen-bond donors (Lipinski definition) is 0. The Morgan fingerprint density at radius 1 is 0.853 bits per heavy atom. The topological polar surface area (TPSA) is 9.23 Å². The molecule has 0 aliphatic heterocycles. The summed E-state index contributed by atoms with van der Waals surface area (Å²) in [7, 11) is 0. The first-order chi connectivity index (χ1) is 16.3. The zero-order valence-electron chi connectivity index (χ0n) is 19.2. The smallest absolute Gasteiger partial charge is 0.406 e. The Kier molecular flexibility index (Phi) is 7.60. The van der Waals surface area contributed by atoms with E-state index in [4.69, 9.17) is 0 Å². The minimum atomic E-state index is -4.71. The van der Waals surface area contributed by atoms with Gasteiger partial charge in [-0.25, -0.2) is 4.39 Å². The summed E-state index contributed by atoms with van der Waals surface area (Å²) in [5.41, 5.74) is 2.67. The second-order valence-corrected chi connectivity index (χ2v) is 9.34. The van der Waals surface area contributed by atoms with Gasteiger partial charge in [-0.3, -0.25) is 0 Å². The number of benzene rings is 3. The van der Waals surface area contributed by atoms with E-state index in [-0.39, 0.29) is 11.6 Å². The van der Waals surface area contributed by atoms with E-state index in [0.717, 1.165) is 23.3 Å². The van der Waals surface area contributed by atoms with E-state index in [1.807, 2.05) is 24.3 Å². The van der Waals surface area contributed by atoms with Crippen LogP contribution in [0.3, 0.4) is 0 Å². The van der Waals surface area contributed by atoms with Crippen molar-refractivity contribution in [2.24, 2.45) is 11.8 Å². The van der Waals surface area contributed by atoms with Gasteiger partial charge in [0.05, 0.1) is 0 Å². The molecule has 0 atom stereocenters. The Balaban J connectivity index is 1.35. The molecule has 180 valence electrons. The lowest BCUT2D eigenvalue weighted by Crippen LogP contribution is -2.17. The molecule has 0 spiro atoms. The second-order valence-electron chi connectivity index (χ2n) is 9.34. The molecule has 0 heterocycles. The third kappa shape index (κ3) is 6.40. The van der Waals surface area contributed by atoms with Crippen LogP contribution in [0.5, 0.6) is 5.75 Å². The molecular formula is C29H30F4O. The van der Waals surface area contributed by atoms with E-state index in [9.17, 15) is 13.2 Å². The number of hydrogen-bond acceptors (Lipinski definition) is 1. The van der Waals surface area contributed by atoms with E-state index >= 15 is 4.39 Å². The molecule has 0 radical (unpaired) electrons. The fourth-order valence-corrected chi connectivity index (χ4v) is 4.96. The van der Waals surface area contributed by atoms with Crippen molar-refractivity contribution < 1.29 is 22.3 Å². The van der Waals surface area contributed by atoms with E-state index in [0.29, 0.717) is 29.7 Å². The van der Waals surface area contributed by atoms with Gasteiger partial charge in [0.1, 0.15) is 11.6 Å². The van der Waals surface area contributed by atoms with Gasteiger partial charge in [0.15, 0.2) is 0 Å². The van der Waals surface area contributed by atoms with Crippen LogP contribution in [-0.2, 0) is 19.3 Å². The number of rotatable bonds is 8. The van der Waals surface area contributed by atoms with Crippen LogP contribution in [0, 0.1) is 17.7 Å². The maximum Gasteiger partial charge on any atom is 0.573 e. The van der Waals surface area contributed by atoms with Crippen molar-refractivity contribution in [3.63, 3.8) is 0 Å². The second kappa shape index (κ2) is 10.6. The fraction of sp³-hybridized carbons (Fsp3) is 0.379. The van der Waals surface area contributed by atoms with Crippen LogP contribution in [-0.4, -0.2) is 6.36 Å². The Morgan fingerprint density at radius 3 is 2.24 bits per heavy atom. The van der Waals surface area contributed by atoms with Crippen molar-refractivity contribution in [2.75, 3.05) is 0 Å². The SMILES string of the molecule is C=CC1CCC(CCc2ccc3c(F)c(CCc4ccc(OC(F)(F)F)cc4)ccc3c2)CC1. The largest absolute Gasteiger partial charge is 0.573 e. The molecule has 0 amide bonds. The molecule has 0 saturated heterocycles. The molecule has 4 rings (SSSR count). The average molecular weight is 471 g/mol. The molecule has 1 nitrogen and oxygen atoms in total. The van der Waals surface area contributed by atoms with Gasteiger partial charge in [-0.1, -0.05) is 48.5 Å². The summed E-state index contributed by atoms with van der Waals surface area (Å²) in [6, 6.07) is 15.5. The molecule has 3 aromatic rings. The molecule has 0 bridgehead atoms. The van der Waals surface area contributed by atoms with Crippen LogP contribution < -0.4 is 4.74 Å². The Morgan fingerprint density at radius 2 is 1.56 bits per heavy atom. The zero-order valence-corrected chi connectivity index (χ0v) is 19.2. The molecule has 0 unspecified atom stereocenters. The molecule has 3 aromatic carbocycles. The van der Waals surface area contributed by atoms with Crippen LogP contribution in [0.4, 0.5) is 17.6 Å². The van der Waals surface area contributed by atoms with E-state index < -0.39 is 6.36 Å². The summed E-state index contributed by atoms with van der Waals surface area (Å²) in [6.07, 6.45) is 5.57. The van der Waals surface area contributed by atoms with Crippen molar-refractivity contribution in [1.82, 2.24) is 0 Å². The van der Waals surface area contributed by atoms with Gasteiger partial charge < -0.3 is 4.74 Å². The van der Waals surface area contributed by atoms with E-state index in [1.165, 1.54) is 49.8 Å². The molecule has 1 fully saturated rings. The highest BCUT2D eigenvalue weighted by Gasteiger charge is 2.30. The van der Waals surface area contributed by atoms with Crippen molar-refractivity contribution in [1.29, 1.82) is 0 Å². The van der Waals surface area contributed by atoms with E-state index in [1.54, 1.807) is 12.1 Å². The first-order valence-electron chi connectivity index (χ1n) is 12.0. The van der Waals surface area contributed by atoms with Gasteiger partial charge in [0, 0.05) is 5.39 Å². The summed E-state index contributed by atoms with van der Waals surface area (Å²) >= 11 is 0. The van der Waals surface area contributed by atoms with Gasteiger partial charge >= 0.3 is 6.36 Å². The third-order valence-electron chi connectivity index (χ3n) is 7.00. The molecule has 5 heteroatoms. The number of allylic oxidation sites excluding steroid dienone is 1. The lowest BCUT2D eigenvalue weighted by molar-refractivity contribution is -0.274. The molecule has 34 heavy (non-hydrogen) atoms. The molecular weight excluding hydrogens is 440 g/mol. The number of halogens is 4. The molecule has 1 saturated carbocycles. The van der Waals surface area contributed by atoms with E-state index in [2.05, 4.69) is 23.5 Å². The Bertz CT molecular complexity index is 1110. The van der Waals surface area contributed by atoms with Gasteiger partial charge in [-0.15, -0.1) is 19.8 Å². The highest BCUT2D eigenvalue weighted by Crippen LogP contribution is 2.32. The summed E-state index contributed by atoms with van der Waals surface area (Å²) in [5.74, 6) is 0.967. The first-order valence-corrected chi connectivity index (χ1v) is 12.0. The summed E-state index contributed by atoms with van der Waals surface area (Å²) in [4.78, 5) is 0. The number of ether oxygens (including phenoxy) is 1. The normalized spacial score (nSPS) is 18.7.